The van der Waals surface area contributed by atoms with Crippen LogP contribution >= 0.6 is 0 Å². The average Bonchev–Trinajstić information content (AvgIpc) is 1.88. The molecule has 3 nitrogen and oxygen atoms in total. The molecule has 10 heavy (non-hydrogen) atoms. The van der Waals surface area contributed by atoms with Gasteiger partial charge in [0.25, 0.3) is 0 Å². The van der Waals surface area contributed by atoms with Crippen molar-refractivity contribution in [2.75, 3.05) is 0 Å². The van der Waals surface area contributed by atoms with Crippen molar-refractivity contribution < 1.29 is 9.90 Å². The molecule has 0 radical (unpaired) electrons. The third-order valence-electron chi connectivity index (χ3n) is 1.53. The highest BCUT2D eigenvalue weighted by molar-refractivity contribution is 5.79. The van der Waals surface area contributed by atoms with Gasteiger partial charge in [-0.3, -0.25) is 9.79 Å². The molecular weight excluding hydrogens is 130 g/mol. The van der Waals surface area contributed by atoms with Gasteiger partial charge in [0.05, 0.1) is 12.0 Å². The van der Waals surface area contributed by atoms with Crippen LogP contribution < -0.4 is 0 Å². The fourth-order valence-corrected chi connectivity index (χ4v) is 0.897. The third-order valence-corrected chi connectivity index (χ3v) is 1.53. The van der Waals surface area contributed by atoms with Crippen LogP contribution in [0.25, 0.3) is 0 Å². The number of dihydropyridines is 1. The molecule has 0 spiro atoms. The highest BCUT2D eigenvalue weighted by atomic mass is 16.4. The Labute approximate surface area is 59.1 Å². The lowest BCUT2D eigenvalue weighted by atomic mass is 10.00. The van der Waals surface area contributed by atoms with Crippen LogP contribution in [0.4, 0.5) is 0 Å². The molecule has 0 aromatic rings. The van der Waals surface area contributed by atoms with E-state index in [0.29, 0.717) is 0 Å². The molecule has 1 rings (SSSR count). The van der Waals surface area contributed by atoms with Crippen LogP contribution in [0.1, 0.15) is 6.92 Å². The Balaban J connectivity index is 2.70. The zero-order valence-electron chi connectivity index (χ0n) is 5.69. The van der Waals surface area contributed by atoms with Gasteiger partial charge in [0, 0.05) is 6.21 Å². The summed E-state index contributed by atoms with van der Waals surface area (Å²) in [5.74, 6) is -1.24. The van der Waals surface area contributed by atoms with Gasteiger partial charge in [0.1, 0.15) is 0 Å². The Bertz CT molecular complexity index is 196. The number of carbonyl (C=O) groups is 1. The average molecular weight is 139 g/mol. The number of carboxylic acids is 1. The Morgan fingerprint density at radius 1 is 1.70 bits per heavy atom. The van der Waals surface area contributed by atoms with E-state index in [1.54, 1.807) is 25.3 Å². The van der Waals surface area contributed by atoms with E-state index in [1.165, 1.54) is 0 Å². The molecule has 2 atom stereocenters. The summed E-state index contributed by atoms with van der Waals surface area (Å²) < 4.78 is 0. The Morgan fingerprint density at radius 3 is 2.80 bits per heavy atom. The van der Waals surface area contributed by atoms with Crippen LogP contribution in [0.5, 0.6) is 0 Å². The van der Waals surface area contributed by atoms with Gasteiger partial charge in [-0.05, 0) is 13.0 Å². The molecule has 3 heteroatoms. The van der Waals surface area contributed by atoms with Crippen molar-refractivity contribution in [2.45, 2.75) is 13.0 Å². The highest BCUT2D eigenvalue weighted by Crippen LogP contribution is 2.11. The smallest absolute Gasteiger partial charge is 0.312 e. The first-order chi connectivity index (χ1) is 4.72. The van der Waals surface area contributed by atoms with Crippen LogP contribution in [0, 0.1) is 5.92 Å². The molecule has 0 saturated carbocycles. The summed E-state index contributed by atoms with van der Waals surface area (Å²) in [6, 6.07) is -0.123. The first-order valence-corrected chi connectivity index (χ1v) is 3.14. The quantitative estimate of drug-likeness (QED) is 0.581. The predicted molar refractivity (Wildman–Crippen MR) is 38.2 cm³/mol. The second-order valence-electron chi connectivity index (χ2n) is 2.29. The number of aliphatic imine (C=N–C) groups is 1. The molecule has 0 bridgehead atoms. The van der Waals surface area contributed by atoms with Crippen molar-refractivity contribution in [1.29, 1.82) is 0 Å². The molecule has 1 aliphatic heterocycles. The monoisotopic (exact) mass is 139 g/mol. The summed E-state index contributed by atoms with van der Waals surface area (Å²) in [6.07, 6.45) is 4.95. The number of hydrogen-bond donors (Lipinski definition) is 1. The van der Waals surface area contributed by atoms with Gasteiger partial charge in [0.15, 0.2) is 0 Å². The number of carboxylic acid groups (broad SMARTS) is 1. The van der Waals surface area contributed by atoms with Gasteiger partial charge in [-0.25, -0.2) is 0 Å². The molecule has 0 fully saturated rings. The molecule has 1 aliphatic rings. The topological polar surface area (TPSA) is 49.7 Å². The van der Waals surface area contributed by atoms with Gasteiger partial charge in [0.2, 0.25) is 0 Å². The number of allylic oxidation sites excluding steroid dienone is 1. The molecule has 0 saturated heterocycles. The summed E-state index contributed by atoms with van der Waals surface area (Å²) in [6.45, 7) is 1.79. The van der Waals surface area contributed by atoms with E-state index in [1.807, 2.05) is 0 Å². The lowest BCUT2D eigenvalue weighted by Crippen LogP contribution is -2.24. The molecule has 0 amide bonds. The van der Waals surface area contributed by atoms with Gasteiger partial charge < -0.3 is 5.11 Å². The van der Waals surface area contributed by atoms with Crippen molar-refractivity contribution >= 4 is 12.2 Å². The number of nitrogens with zero attached hydrogens (tertiary/aromatic N) is 1. The fourth-order valence-electron chi connectivity index (χ4n) is 0.897. The second kappa shape index (κ2) is 2.64. The molecule has 0 aromatic carbocycles. The Morgan fingerprint density at radius 2 is 2.40 bits per heavy atom. The van der Waals surface area contributed by atoms with E-state index < -0.39 is 11.9 Å². The molecule has 54 valence electrons. The molecule has 1 N–H and O–H groups in total. The van der Waals surface area contributed by atoms with Gasteiger partial charge in [-0.15, -0.1) is 0 Å². The highest BCUT2D eigenvalue weighted by Gasteiger charge is 2.21. The summed E-state index contributed by atoms with van der Waals surface area (Å²) in [5, 5.41) is 8.58. The second-order valence-corrected chi connectivity index (χ2v) is 2.29. The minimum absolute atomic E-state index is 0.123. The normalized spacial score (nSPS) is 30.5. The van der Waals surface area contributed by atoms with Gasteiger partial charge in [-0.2, -0.15) is 0 Å². The van der Waals surface area contributed by atoms with Crippen LogP contribution in [0.3, 0.4) is 0 Å². The van der Waals surface area contributed by atoms with E-state index in [-0.39, 0.29) is 6.04 Å². The van der Waals surface area contributed by atoms with Crippen molar-refractivity contribution in [2.24, 2.45) is 10.9 Å². The lowest BCUT2D eigenvalue weighted by Gasteiger charge is -2.14. The predicted octanol–water partition coefficient (Wildman–Crippen LogP) is 0.716. The minimum atomic E-state index is -0.805. The maximum Gasteiger partial charge on any atom is 0.312 e. The van der Waals surface area contributed by atoms with E-state index in [9.17, 15) is 4.79 Å². The van der Waals surface area contributed by atoms with Crippen LogP contribution in [0.15, 0.2) is 17.1 Å². The SMILES string of the molecule is C[C@@H]1N=CC=CC1C(=O)O. The first-order valence-electron chi connectivity index (χ1n) is 3.14. The lowest BCUT2D eigenvalue weighted by molar-refractivity contribution is -0.140. The van der Waals surface area contributed by atoms with Crippen LogP contribution in [-0.4, -0.2) is 23.3 Å². The van der Waals surface area contributed by atoms with Crippen molar-refractivity contribution in [1.82, 2.24) is 0 Å². The Kier molecular flexibility index (Phi) is 1.85. The minimum Gasteiger partial charge on any atom is -0.481 e. The standard InChI is InChI=1S/C7H9NO2/c1-5-6(7(9)10)3-2-4-8-5/h2-6H,1H3,(H,9,10)/t5-,6?/m0/s1. The molecule has 1 unspecified atom stereocenters. The molecule has 0 aliphatic carbocycles. The summed E-state index contributed by atoms with van der Waals surface area (Å²) in [7, 11) is 0. The first kappa shape index (κ1) is 6.99. The fraction of sp³-hybridized carbons (Fsp3) is 0.429. The maximum atomic E-state index is 10.4. The summed E-state index contributed by atoms with van der Waals surface area (Å²) >= 11 is 0. The van der Waals surface area contributed by atoms with Gasteiger partial charge >= 0.3 is 5.97 Å². The third kappa shape index (κ3) is 1.23. The van der Waals surface area contributed by atoms with Crippen molar-refractivity contribution in [3.8, 4) is 0 Å². The van der Waals surface area contributed by atoms with E-state index in [4.69, 9.17) is 5.11 Å². The Hall–Kier alpha value is -1.12. The zero-order valence-corrected chi connectivity index (χ0v) is 5.69. The van der Waals surface area contributed by atoms with E-state index >= 15 is 0 Å². The van der Waals surface area contributed by atoms with Gasteiger partial charge in [-0.1, -0.05) is 6.08 Å². The number of aliphatic carboxylic acids is 1. The van der Waals surface area contributed by atoms with E-state index in [2.05, 4.69) is 4.99 Å². The molecule has 0 aromatic heterocycles. The summed E-state index contributed by atoms with van der Waals surface area (Å²) in [4.78, 5) is 14.4. The molecule has 1 heterocycles. The maximum absolute atomic E-state index is 10.4. The van der Waals surface area contributed by atoms with E-state index in [0.717, 1.165) is 0 Å². The largest absolute Gasteiger partial charge is 0.481 e. The molecular formula is C7H9NO2. The van der Waals surface area contributed by atoms with Crippen molar-refractivity contribution in [3.05, 3.63) is 12.2 Å². The van der Waals surface area contributed by atoms with Crippen LogP contribution in [0.2, 0.25) is 0 Å². The summed E-state index contributed by atoms with van der Waals surface area (Å²) in [5.41, 5.74) is 0. The van der Waals surface area contributed by atoms with Crippen LogP contribution in [-0.2, 0) is 4.79 Å². The number of rotatable bonds is 1. The number of hydrogen-bond acceptors (Lipinski definition) is 2. The van der Waals surface area contributed by atoms with Crippen molar-refractivity contribution in [3.63, 3.8) is 0 Å². The zero-order chi connectivity index (χ0) is 7.56.